The van der Waals surface area contributed by atoms with Crippen molar-refractivity contribution in [1.29, 1.82) is 0 Å². The van der Waals surface area contributed by atoms with Gasteiger partial charge in [0.15, 0.2) is 0 Å². The summed E-state index contributed by atoms with van der Waals surface area (Å²) in [7, 11) is 0. The molecular formula is C16H24Cl2HfSi-2. The third-order valence-corrected chi connectivity index (χ3v) is 2.82. The van der Waals surface area contributed by atoms with E-state index < -0.39 is 0 Å². The molecule has 20 heavy (non-hydrogen) atoms. The van der Waals surface area contributed by atoms with Crippen LogP contribution in [0.1, 0.15) is 34.1 Å². The molecule has 2 rings (SSSR count). The Hall–Kier alpha value is 0.627. The van der Waals surface area contributed by atoms with Crippen molar-refractivity contribution in [3.05, 3.63) is 47.1 Å². The Morgan fingerprint density at radius 1 is 1.20 bits per heavy atom. The first-order chi connectivity index (χ1) is 8.36. The molecule has 0 amide bonds. The van der Waals surface area contributed by atoms with Gasteiger partial charge in [0.25, 0.3) is 0 Å². The predicted octanol–water partition coefficient (Wildman–Crippen LogP) is -1.18. The largest absolute Gasteiger partial charge is 1.00 e. The number of halogens is 2. The molecule has 0 N–H and O–H groups in total. The second-order valence-corrected chi connectivity index (χ2v) is 17.6. The van der Waals surface area contributed by atoms with Crippen molar-refractivity contribution in [3.8, 4) is 0 Å². The van der Waals surface area contributed by atoms with Crippen LogP contribution in [0.5, 0.6) is 0 Å². The first-order valence-corrected chi connectivity index (χ1v) is 14.3. The van der Waals surface area contributed by atoms with E-state index in [1.54, 1.807) is 0 Å². The van der Waals surface area contributed by atoms with Gasteiger partial charge in [-0.2, -0.15) is 17.2 Å². The Labute approximate surface area is 152 Å². The van der Waals surface area contributed by atoms with E-state index >= 15 is 0 Å². The predicted molar refractivity (Wildman–Crippen MR) is 79.0 cm³/mol. The molecule has 1 unspecified atom stereocenters. The summed E-state index contributed by atoms with van der Waals surface area (Å²) in [6.45, 7) is 13.3. The standard InChI is InChI=1S/C9H13.C5H5.C2H6Si.2ClH.Hf/c1-6-5-7(2)9(4)8(6)3;1-2-4-5-3-1;1-3-2;;;/h6H,1-4H3;1-3H,4H2;1-2H3;2*1H;/q2*-1;;;;+2/p-2. The van der Waals surface area contributed by atoms with Crippen LogP contribution in [0.15, 0.2) is 34.9 Å². The molecule has 0 saturated heterocycles. The van der Waals surface area contributed by atoms with Crippen molar-refractivity contribution >= 4 is 5.49 Å². The van der Waals surface area contributed by atoms with Gasteiger partial charge in [0.05, 0.1) is 0 Å². The van der Waals surface area contributed by atoms with Gasteiger partial charge in [0.2, 0.25) is 0 Å². The van der Waals surface area contributed by atoms with Gasteiger partial charge in [-0.25, -0.2) is 17.7 Å². The maximum Gasteiger partial charge on any atom is -0.109 e. The molecule has 1 atom stereocenters. The van der Waals surface area contributed by atoms with Crippen molar-refractivity contribution in [2.75, 3.05) is 0 Å². The first-order valence-electron chi connectivity index (χ1n) is 6.37. The van der Waals surface area contributed by atoms with Crippen LogP contribution in [0.3, 0.4) is 0 Å². The van der Waals surface area contributed by atoms with Crippen LogP contribution in [0.2, 0.25) is 13.1 Å². The maximum atomic E-state index is 3.36. The van der Waals surface area contributed by atoms with Crippen molar-refractivity contribution in [3.63, 3.8) is 0 Å². The molecule has 0 radical (unpaired) electrons. The van der Waals surface area contributed by atoms with Crippen LogP contribution in [-0.2, 0) is 23.0 Å². The zero-order chi connectivity index (χ0) is 14.1. The molecule has 0 aromatic carbocycles. The summed E-state index contributed by atoms with van der Waals surface area (Å²) in [5.74, 6) is 0.560. The third kappa shape index (κ3) is 12.4. The molecule has 0 aliphatic heterocycles. The summed E-state index contributed by atoms with van der Waals surface area (Å²) < 4.78 is 0. The van der Waals surface area contributed by atoms with Crippen LogP contribution < -0.4 is 24.8 Å². The Morgan fingerprint density at radius 3 is 1.80 bits per heavy atom. The molecule has 0 spiro atoms. The molecular weight excluding hydrogens is 470 g/mol. The van der Waals surface area contributed by atoms with Crippen LogP contribution in [0.25, 0.3) is 0 Å². The Balaban J connectivity index is -0.000000228. The van der Waals surface area contributed by atoms with Crippen molar-refractivity contribution in [1.82, 2.24) is 0 Å². The van der Waals surface area contributed by atoms with Gasteiger partial charge in [-0.05, 0) is 0 Å². The molecule has 112 valence electrons. The van der Waals surface area contributed by atoms with Crippen LogP contribution >= 0.6 is 0 Å². The van der Waals surface area contributed by atoms with Gasteiger partial charge < -0.3 is 24.8 Å². The maximum absolute atomic E-state index is 3.36. The molecule has 0 aromatic rings. The Morgan fingerprint density at radius 2 is 1.70 bits per heavy atom. The average Bonchev–Trinajstić information content (AvgIpc) is 2.89. The number of allylic oxidation sites excluding steroid dienone is 8. The van der Waals surface area contributed by atoms with E-state index in [0.717, 1.165) is 6.42 Å². The normalized spacial score (nSPS) is 18.0. The molecule has 0 saturated carbocycles. The smallest absolute Gasteiger partial charge is 0.109 e. The fourth-order valence-electron chi connectivity index (χ4n) is 1.50. The summed E-state index contributed by atoms with van der Waals surface area (Å²) >= 11 is 1.45. The molecule has 0 aromatic heterocycles. The van der Waals surface area contributed by atoms with E-state index in [-0.39, 0.29) is 30.3 Å². The SMILES string of the molecule is CC1=[C-]C(C)C(C)=C1C.C[Si](C)=[Hf+2].[C-]1=CC=CC1.[Cl-].[Cl-]. The minimum atomic E-state index is 0. The zero-order valence-corrected chi connectivity index (χ0v) is 19.4. The molecule has 2 aliphatic rings. The summed E-state index contributed by atoms with van der Waals surface area (Å²) in [6, 6.07) is 0. The molecule has 0 bridgehead atoms. The van der Waals surface area contributed by atoms with Crippen LogP contribution in [-0.4, -0.2) is 5.49 Å². The number of rotatable bonds is 0. The van der Waals surface area contributed by atoms with Crippen LogP contribution in [0, 0.1) is 18.1 Å². The van der Waals surface area contributed by atoms with Crippen molar-refractivity contribution in [2.45, 2.75) is 47.2 Å². The average molecular weight is 494 g/mol. The van der Waals surface area contributed by atoms with E-state index in [0.29, 0.717) is 5.92 Å². The second-order valence-electron chi connectivity index (χ2n) is 4.80. The zero-order valence-electron chi connectivity index (χ0n) is 13.3. The topological polar surface area (TPSA) is 0 Å². The minimum Gasteiger partial charge on any atom is -1.00 e. The summed E-state index contributed by atoms with van der Waals surface area (Å²) in [4.78, 5) is 0. The van der Waals surface area contributed by atoms with Gasteiger partial charge in [0, 0.05) is 0 Å². The van der Waals surface area contributed by atoms with Gasteiger partial charge in [-0.1, -0.05) is 26.7 Å². The van der Waals surface area contributed by atoms with E-state index in [9.17, 15) is 0 Å². The van der Waals surface area contributed by atoms with Gasteiger partial charge >= 0.3 is 41.6 Å². The fraction of sp³-hybridized carbons (Fsp3) is 0.500. The second kappa shape index (κ2) is 14.6. The summed E-state index contributed by atoms with van der Waals surface area (Å²) in [6.07, 6.45) is 13.4. The van der Waals surface area contributed by atoms with Gasteiger partial charge in [-0.15, -0.1) is 13.3 Å². The van der Waals surface area contributed by atoms with Gasteiger partial charge in [0.1, 0.15) is 0 Å². The quantitative estimate of drug-likeness (QED) is 0.294. The van der Waals surface area contributed by atoms with Crippen LogP contribution in [0.4, 0.5) is 0 Å². The van der Waals surface area contributed by atoms with E-state index in [4.69, 9.17) is 0 Å². The first kappa shape index (κ1) is 25.6. The minimum absolute atomic E-state index is 0. The van der Waals surface area contributed by atoms with E-state index in [2.05, 4.69) is 59.0 Å². The monoisotopic (exact) mass is 494 g/mol. The van der Waals surface area contributed by atoms with Gasteiger partial charge in [-0.3, -0.25) is 12.2 Å². The third-order valence-electron chi connectivity index (χ3n) is 2.82. The number of hydrogen-bond acceptors (Lipinski definition) is 0. The molecule has 0 nitrogen and oxygen atoms in total. The number of hydrogen-bond donors (Lipinski definition) is 0. The fourth-order valence-corrected chi connectivity index (χ4v) is 1.50. The summed E-state index contributed by atoms with van der Waals surface area (Å²) in [5.41, 5.74) is 4.50. The van der Waals surface area contributed by atoms with Crippen molar-refractivity contribution < 1.29 is 47.8 Å². The Kier molecular flexibility index (Phi) is 18.6. The Bertz CT molecular complexity index is 393. The molecule has 0 fully saturated rings. The molecule has 4 heteroatoms. The van der Waals surface area contributed by atoms with E-state index in [1.165, 1.54) is 39.7 Å². The molecule has 0 heterocycles. The van der Waals surface area contributed by atoms with Crippen molar-refractivity contribution in [2.24, 2.45) is 5.92 Å². The summed E-state index contributed by atoms with van der Waals surface area (Å²) in [5, 5.41) is 0. The molecule has 2 aliphatic carbocycles. The van der Waals surface area contributed by atoms with E-state index in [1.807, 2.05) is 12.2 Å².